The fourth-order valence-electron chi connectivity index (χ4n) is 2.88. The van der Waals surface area contributed by atoms with Crippen LogP contribution in [-0.4, -0.2) is 31.1 Å². The molecule has 0 spiro atoms. The molecule has 118 valence electrons. The number of benzene rings is 1. The number of ether oxygens (including phenoxy) is 1. The molecule has 0 aliphatic heterocycles. The number of rotatable bonds is 4. The largest absolute Gasteiger partial charge is 0.490 e. The van der Waals surface area contributed by atoms with Gasteiger partial charge in [-0.25, -0.2) is 8.42 Å². The SMILES string of the molecule is Cc1ccc(OC2CCCC(S(C)(=O)=O)C2)c([C@@H](C)O)c1. The second kappa shape index (κ2) is 6.36. The minimum Gasteiger partial charge on any atom is -0.490 e. The van der Waals surface area contributed by atoms with Gasteiger partial charge in [-0.15, -0.1) is 0 Å². The number of aliphatic hydroxyl groups excluding tert-OH is 1. The Morgan fingerprint density at radius 1 is 1.33 bits per heavy atom. The maximum Gasteiger partial charge on any atom is 0.150 e. The third-order valence-corrected chi connectivity index (χ3v) is 5.73. The van der Waals surface area contributed by atoms with Gasteiger partial charge in [0, 0.05) is 18.2 Å². The summed E-state index contributed by atoms with van der Waals surface area (Å²) < 4.78 is 29.4. The van der Waals surface area contributed by atoms with Crippen LogP contribution >= 0.6 is 0 Å². The van der Waals surface area contributed by atoms with E-state index in [1.165, 1.54) is 6.26 Å². The van der Waals surface area contributed by atoms with Crippen molar-refractivity contribution in [1.82, 2.24) is 0 Å². The van der Waals surface area contributed by atoms with Gasteiger partial charge in [0.25, 0.3) is 0 Å². The van der Waals surface area contributed by atoms with Crippen LogP contribution in [0.5, 0.6) is 5.75 Å². The fourth-order valence-corrected chi connectivity index (χ4v) is 4.04. The van der Waals surface area contributed by atoms with Gasteiger partial charge in [-0.1, -0.05) is 11.6 Å². The summed E-state index contributed by atoms with van der Waals surface area (Å²) in [5, 5.41) is 9.56. The second-order valence-corrected chi connectivity index (χ2v) is 8.40. The van der Waals surface area contributed by atoms with Gasteiger partial charge in [0.05, 0.1) is 17.5 Å². The highest BCUT2D eigenvalue weighted by Crippen LogP contribution is 2.31. The molecule has 1 N–H and O–H groups in total. The van der Waals surface area contributed by atoms with Crippen LogP contribution in [0.4, 0.5) is 0 Å². The van der Waals surface area contributed by atoms with Gasteiger partial charge in [-0.05, 0) is 45.2 Å². The Labute approximate surface area is 127 Å². The molecule has 0 aromatic heterocycles. The maximum atomic E-state index is 11.7. The lowest BCUT2D eigenvalue weighted by molar-refractivity contribution is 0.143. The van der Waals surface area contributed by atoms with E-state index in [0.717, 1.165) is 30.4 Å². The fraction of sp³-hybridized carbons (Fsp3) is 0.625. The molecule has 0 saturated heterocycles. The van der Waals surface area contributed by atoms with Crippen LogP contribution in [-0.2, 0) is 9.84 Å². The third kappa shape index (κ3) is 4.20. The van der Waals surface area contributed by atoms with Crippen LogP contribution in [0, 0.1) is 6.92 Å². The number of sulfone groups is 1. The number of hydrogen-bond donors (Lipinski definition) is 1. The zero-order valence-corrected chi connectivity index (χ0v) is 13.7. The Hall–Kier alpha value is -1.07. The Bertz CT molecular complexity index is 592. The second-order valence-electron chi connectivity index (χ2n) is 6.08. The minimum absolute atomic E-state index is 0.0984. The van der Waals surface area contributed by atoms with Crippen molar-refractivity contribution in [3.63, 3.8) is 0 Å². The van der Waals surface area contributed by atoms with Crippen molar-refractivity contribution in [2.75, 3.05) is 6.26 Å². The van der Waals surface area contributed by atoms with E-state index in [4.69, 9.17) is 4.74 Å². The van der Waals surface area contributed by atoms with Crippen LogP contribution in [0.1, 0.15) is 49.8 Å². The molecule has 1 aliphatic carbocycles. The van der Waals surface area contributed by atoms with Crippen molar-refractivity contribution < 1.29 is 18.3 Å². The maximum absolute atomic E-state index is 11.7. The van der Waals surface area contributed by atoms with Gasteiger partial charge < -0.3 is 9.84 Å². The molecule has 5 heteroatoms. The molecule has 21 heavy (non-hydrogen) atoms. The highest BCUT2D eigenvalue weighted by atomic mass is 32.2. The molecule has 0 heterocycles. The molecule has 1 aromatic carbocycles. The van der Waals surface area contributed by atoms with E-state index in [0.29, 0.717) is 12.2 Å². The van der Waals surface area contributed by atoms with Crippen molar-refractivity contribution >= 4 is 9.84 Å². The van der Waals surface area contributed by atoms with Gasteiger partial charge in [-0.3, -0.25) is 0 Å². The Kier molecular flexibility index (Phi) is 4.94. The summed E-state index contributed by atoms with van der Waals surface area (Å²) in [6.07, 6.45) is 3.57. The summed E-state index contributed by atoms with van der Waals surface area (Å²) in [6.45, 7) is 3.68. The van der Waals surface area contributed by atoms with Gasteiger partial charge in [-0.2, -0.15) is 0 Å². The monoisotopic (exact) mass is 312 g/mol. The first-order valence-electron chi connectivity index (χ1n) is 7.41. The molecule has 1 fully saturated rings. The average Bonchev–Trinajstić information content (AvgIpc) is 2.40. The number of aliphatic hydroxyl groups is 1. The molecular formula is C16H24O4S. The summed E-state index contributed by atoms with van der Waals surface area (Å²) >= 11 is 0. The molecule has 0 bridgehead atoms. The molecule has 2 rings (SSSR count). The predicted octanol–water partition coefficient (Wildman–Crippen LogP) is 2.78. The summed E-state index contributed by atoms with van der Waals surface area (Å²) in [5.41, 5.74) is 1.83. The minimum atomic E-state index is -3.01. The highest BCUT2D eigenvalue weighted by molar-refractivity contribution is 7.91. The van der Waals surface area contributed by atoms with Gasteiger partial charge in [0.2, 0.25) is 0 Å². The van der Waals surface area contributed by atoms with E-state index >= 15 is 0 Å². The summed E-state index contributed by atoms with van der Waals surface area (Å²) in [5.74, 6) is 0.662. The van der Waals surface area contributed by atoms with Crippen LogP contribution < -0.4 is 4.74 Å². The van der Waals surface area contributed by atoms with Gasteiger partial charge in [0.15, 0.2) is 0 Å². The quantitative estimate of drug-likeness (QED) is 0.928. The molecular weight excluding hydrogens is 288 g/mol. The third-order valence-electron chi connectivity index (χ3n) is 4.09. The standard InChI is InChI=1S/C16H24O4S/c1-11-7-8-16(15(9-11)12(2)17)20-13-5-4-6-14(10-13)21(3,18)19/h7-9,12-14,17H,4-6,10H2,1-3H3/t12-,13?,14?/m1/s1. The van der Waals surface area contributed by atoms with Crippen LogP contribution in [0.15, 0.2) is 18.2 Å². The first kappa shape index (κ1) is 16.3. The molecule has 0 radical (unpaired) electrons. The Balaban J connectivity index is 2.15. The van der Waals surface area contributed by atoms with Crippen molar-refractivity contribution in [2.24, 2.45) is 0 Å². The number of aryl methyl sites for hydroxylation is 1. The van der Waals surface area contributed by atoms with Crippen molar-refractivity contribution in [3.8, 4) is 5.75 Å². The molecule has 1 saturated carbocycles. The van der Waals surface area contributed by atoms with Crippen molar-refractivity contribution in [2.45, 2.75) is 57.0 Å². The molecule has 1 aliphatic rings. The van der Waals surface area contributed by atoms with E-state index in [1.54, 1.807) is 6.92 Å². The Morgan fingerprint density at radius 2 is 2.05 bits per heavy atom. The topological polar surface area (TPSA) is 63.6 Å². The van der Waals surface area contributed by atoms with Crippen molar-refractivity contribution in [3.05, 3.63) is 29.3 Å². The lowest BCUT2D eigenvalue weighted by atomic mass is 9.97. The first-order chi connectivity index (χ1) is 9.77. The summed E-state index contributed by atoms with van der Waals surface area (Å²) in [7, 11) is -3.01. The lowest BCUT2D eigenvalue weighted by Crippen LogP contribution is -2.33. The number of hydrogen-bond acceptors (Lipinski definition) is 4. The molecule has 0 amide bonds. The van der Waals surface area contributed by atoms with E-state index in [9.17, 15) is 13.5 Å². The zero-order chi connectivity index (χ0) is 15.6. The van der Waals surface area contributed by atoms with E-state index in [1.807, 2.05) is 25.1 Å². The summed E-state index contributed by atoms with van der Waals surface area (Å²) in [4.78, 5) is 0. The average molecular weight is 312 g/mol. The highest BCUT2D eigenvalue weighted by Gasteiger charge is 2.30. The smallest absolute Gasteiger partial charge is 0.150 e. The summed E-state index contributed by atoms with van der Waals surface area (Å²) in [6, 6.07) is 5.72. The molecule has 4 nitrogen and oxygen atoms in total. The van der Waals surface area contributed by atoms with Crippen LogP contribution in [0.2, 0.25) is 0 Å². The van der Waals surface area contributed by atoms with Crippen molar-refractivity contribution in [1.29, 1.82) is 0 Å². The van der Waals surface area contributed by atoms with Crippen LogP contribution in [0.3, 0.4) is 0 Å². The van der Waals surface area contributed by atoms with Crippen LogP contribution in [0.25, 0.3) is 0 Å². The normalized spacial score (nSPS) is 24.6. The first-order valence-corrected chi connectivity index (χ1v) is 9.37. The van der Waals surface area contributed by atoms with E-state index in [-0.39, 0.29) is 11.4 Å². The molecule has 1 aromatic rings. The Morgan fingerprint density at radius 3 is 2.67 bits per heavy atom. The molecule has 3 atom stereocenters. The predicted molar refractivity (Wildman–Crippen MR) is 83.3 cm³/mol. The van der Waals surface area contributed by atoms with Gasteiger partial charge >= 0.3 is 0 Å². The molecule has 2 unspecified atom stereocenters. The van der Waals surface area contributed by atoms with E-state index in [2.05, 4.69) is 0 Å². The lowest BCUT2D eigenvalue weighted by Gasteiger charge is -2.29. The zero-order valence-electron chi connectivity index (χ0n) is 12.9. The van der Waals surface area contributed by atoms with Gasteiger partial charge in [0.1, 0.15) is 15.6 Å². The van der Waals surface area contributed by atoms with E-state index < -0.39 is 15.9 Å².